The Labute approximate surface area is 195 Å². The number of anilines is 2. The Kier molecular flexibility index (Phi) is 6.72. The third-order valence-electron chi connectivity index (χ3n) is 5.45. The number of aromatic nitrogens is 2. The van der Waals surface area contributed by atoms with Gasteiger partial charge in [0.2, 0.25) is 16.9 Å². The summed E-state index contributed by atoms with van der Waals surface area (Å²) >= 11 is 7.54. The second-order valence-corrected chi connectivity index (χ2v) is 9.15. The maximum Gasteiger partial charge on any atom is 0.231 e. The highest BCUT2D eigenvalue weighted by molar-refractivity contribution is 7.15. The molecule has 1 saturated heterocycles. The van der Waals surface area contributed by atoms with E-state index in [-0.39, 0.29) is 18.2 Å². The standard InChI is InChI=1S/C23H23ClN4O3S/c1-14-3-7-17(12-19(14)24)28-13-16(11-21(28)29)22(30)25-23-27-26-20(32-23)10-6-15-4-8-18(31-2)9-5-15/h3-5,7-9,12,16H,6,10-11,13H2,1-2H3,(H,25,27,30). The lowest BCUT2D eigenvalue weighted by atomic mass is 10.1. The van der Waals surface area contributed by atoms with Gasteiger partial charge in [0.05, 0.1) is 13.0 Å². The van der Waals surface area contributed by atoms with E-state index in [1.165, 1.54) is 16.9 Å². The van der Waals surface area contributed by atoms with Crippen molar-refractivity contribution in [2.75, 3.05) is 23.9 Å². The number of nitrogens with one attached hydrogen (secondary N) is 1. The van der Waals surface area contributed by atoms with Crippen molar-refractivity contribution in [3.05, 3.63) is 63.6 Å². The third-order valence-corrected chi connectivity index (χ3v) is 6.75. The van der Waals surface area contributed by atoms with Crippen LogP contribution in [0.25, 0.3) is 0 Å². The van der Waals surface area contributed by atoms with Gasteiger partial charge in [-0.3, -0.25) is 9.59 Å². The van der Waals surface area contributed by atoms with Gasteiger partial charge in [-0.05, 0) is 48.7 Å². The van der Waals surface area contributed by atoms with Crippen LogP contribution in [0.4, 0.5) is 10.8 Å². The zero-order valence-corrected chi connectivity index (χ0v) is 19.4. The number of rotatable bonds is 7. The summed E-state index contributed by atoms with van der Waals surface area (Å²) < 4.78 is 5.17. The number of ether oxygens (including phenoxy) is 1. The number of amides is 2. The first-order chi connectivity index (χ1) is 15.4. The van der Waals surface area contributed by atoms with E-state index < -0.39 is 5.92 Å². The molecule has 3 aromatic rings. The molecule has 1 N–H and O–H groups in total. The van der Waals surface area contributed by atoms with Crippen LogP contribution in [0.1, 0.15) is 22.6 Å². The molecule has 1 aliphatic rings. The van der Waals surface area contributed by atoms with Gasteiger partial charge < -0.3 is 15.0 Å². The number of aryl methyl sites for hydroxylation is 3. The van der Waals surface area contributed by atoms with Crippen LogP contribution in [0.15, 0.2) is 42.5 Å². The minimum atomic E-state index is -0.450. The lowest BCUT2D eigenvalue weighted by Gasteiger charge is -2.17. The van der Waals surface area contributed by atoms with E-state index in [0.717, 1.165) is 29.2 Å². The molecule has 9 heteroatoms. The summed E-state index contributed by atoms with van der Waals surface area (Å²) in [5.41, 5.74) is 2.82. The van der Waals surface area contributed by atoms with Crippen LogP contribution in [0.3, 0.4) is 0 Å². The lowest BCUT2D eigenvalue weighted by Crippen LogP contribution is -2.28. The largest absolute Gasteiger partial charge is 0.497 e. The first kappa shape index (κ1) is 22.2. The molecule has 0 radical (unpaired) electrons. The van der Waals surface area contributed by atoms with Crippen molar-refractivity contribution in [1.29, 1.82) is 0 Å². The minimum absolute atomic E-state index is 0.0949. The van der Waals surface area contributed by atoms with Crippen molar-refractivity contribution >= 4 is 45.6 Å². The molecule has 2 heterocycles. The minimum Gasteiger partial charge on any atom is -0.497 e. The molecule has 4 rings (SSSR count). The molecular formula is C23H23ClN4O3S. The molecule has 0 bridgehead atoms. The fourth-order valence-corrected chi connectivity index (χ4v) is 4.46. The van der Waals surface area contributed by atoms with Crippen LogP contribution in [-0.4, -0.2) is 35.7 Å². The predicted octanol–water partition coefficient (Wildman–Crippen LogP) is 4.29. The highest BCUT2D eigenvalue weighted by atomic mass is 35.5. The Morgan fingerprint density at radius 2 is 2.00 bits per heavy atom. The van der Waals surface area contributed by atoms with E-state index in [9.17, 15) is 9.59 Å². The molecule has 2 amide bonds. The summed E-state index contributed by atoms with van der Waals surface area (Å²) in [4.78, 5) is 26.8. The molecule has 166 valence electrons. The van der Waals surface area contributed by atoms with Gasteiger partial charge >= 0.3 is 0 Å². The Hall–Kier alpha value is -2.97. The van der Waals surface area contributed by atoms with Gasteiger partial charge in [0.1, 0.15) is 10.8 Å². The quantitative estimate of drug-likeness (QED) is 0.557. The van der Waals surface area contributed by atoms with E-state index in [1.807, 2.05) is 43.3 Å². The number of nitrogens with zero attached hydrogens (tertiary/aromatic N) is 3. The predicted molar refractivity (Wildman–Crippen MR) is 126 cm³/mol. The average Bonchev–Trinajstić information content (AvgIpc) is 3.41. The SMILES string of the molecule is COc1ccc(CCc2nnc(NC(=O)C3CC(=O)N(c4ccc(C)c(Cl)c4)C3)s2)cc1. The first-order valence-corrected chi connectivity index (χ1v) is 11.4. The molecule has 0 aliphatic carbocycles. The fraction of sp³-hybridized carbons (Fsp3) is 0.304. The number of benzene rings is 2. The van der Waals surface area contributed by atoms with Gasteiger partial charge in [-0.2, -0.15) is 0 Å². The molecule has 0 spiro atoms. The molecule has 7 nitrogen and oxygen atoms in total. The maximum atomic E-state index is 12.7. The summed E-state index contributed by atoms with van der Waals surface area (Å²) in [6.07, 6.45) is 1.70. The molecule has 1 aromatic heterocycles. The van der Waals surface area contributed by atoms with E-state index >= 15 is 0 Å². The summed E-state index contributed by atoms with van der Waals surface area (Å²) in [6.45, 7) is 2.22. The molecule has 2 aromatic carbocycles. The van der Waals surface area contributed by atoms with Crippen LogP contribution in [0.5, 0.6) is 5.75 Å². The number of hydrogen-bond donors (Lipinski definition) is 1. The van der Waals surface area contributed by atoms with Crippen molar-refractivity contribution in [3.63, 3.8) is 0 Å². The van der Waals surface area contributed by atoms with Crippen molar-refractivity contribution < 1.29 is 14.3 Å². The van der Waals surface area contributed by atoms with Gasteiger partial charge in [-0.25, -0.2) is 0 Å². The van der Waals surface area contributed by atoms with E-state index in [4.69, 9.17) is 16.3 Å². The van der Waals surface area contributed by atoms with Crippen LogP contribution in [0.2, 0.25) is 5.02 Å². The van der Waals surface area contributed by atoms with Crippen molar-refractivity contribution in [3.8, 4) is 5.75 Å². The van der Waals surface area contributed by atoms with Crippen molar-refractivity contribution in [2.24, 2.45) is 5.92 Å². The Bertz CT molecular complexity index is 1130. The van der Waals surface area contributed by atoms with Gasteiger partial charge in [0.25, 0.3) is 0 Å². The highest BCUT2D eigenvalue weighted by Gasteiger charge is 2.35. The van der Waals surface area contributed by atoms with Crippen molar-refractivity contribution in [1.82, 2.24) is 10.2 Å². The number of carbonyl (C=O) groups is 2. The lowest BCUT2D eigenvalue weighted by molar-refractivity contribution is -0.122. The van der Waals surface area contributed by atoms with Crippen molar-refractivity contribution in [2.45, 2.75) is 26.2 Å². The molecule has 1 aliphatic heterocycles. The molecule has 1 unspecified atom stereocenters. The monoisotopic (exact) mass is 470 g/mol. The van der Waals surface area contributed by atoms with E-state index in [0.29, 0.717) is 22.4 Å². The Morgan fingerprint density at radius 3 is 2.72 bits per heavy atom. The van der Waals surface area contributed by atoms with E-state index in [1.54, 1.807) is 18.1 Å². The van der Waals surface area contributed by atoms with Crippen LogP contribution in [-0.2, 0) is 22.4 Å². The number of carbonyl (C=O) groups excluding carboxylic acids is 2. The Balaban J connectivity index is 1.32. The fourth-order valence-electron chi connectivity index (χ4n) is 3.54. The van der Waals surface area contributed by atoms with E-state index in [2.05, 4.69) is 15.5 Å². The van der Waals surface area contributed by atoms with Crippen LogP contribution in [0, 0.1) is 12.8 Å². The second-order valence-electron chi connectivity index (χ2n) is 7.68. The highest BCUT2D eigenvalue weighted by Crippen LogP contribution is 2.29. The molecule has 0 saturated carbocycles. The maximum absolute atomic E-state index is 12.7. The summed E-state index contributed by atoms with van der Waals surface area (Å²) in [6, 6.07) is 13.4. The zero-order valence-electron chi connectivity index (χ0n) is 17.8. The van der Waals surface area contributed by atoms with Gasteiger partial charge in [-0.15, -0.1) is 10.2 Å². The molecular weight excluding hydrogens is 448 g/mol. The number of hydrogen-bond acceptors (Lipinski definition) is 6. The molecule has 1 atom stereocenters. The first-order valence-electron chi connectivity index (χ1n) is 10.3. The number of methoxy groups -OCH3 is 1. The zero-order chi connectivity index (χ0) is 22.7. The van der Waals surface area contributed by atoms with Gasteiger partial charge in [0, 0.05) is 30.1 Å². The Morgan fingerprint density at radius 1 is 1.22 bits per heavy atom. The smallest absolute Gasteiger partial charge is 0.231 e. The van der Waals surface area contributed by atoms with Crippen LogP contribution >= 0.6 is 22.9 Å². The van der Waals surface area contributed by atoms with Gasteiger partial charge in [-0.1, -0.05) is 41.1 Å². The summed E-state index contributed by atoms with van der Waals surface area (Å²) in [5.74, 6) is 0.0535. The topological polar surface area (TPSA) is 84.4 Å². The third kappa shape index (κ3) is 5.08. The summed E-state index contributed by atoms with van der Waals surface area (Å²) in [5, 5.41) is 13.0. The molecule has 1 fully saturated rings. The second kappa shape index (κ2) is 9.67. The normalized spacial score (nSPS) is 15.8. The molecule has 32 heavy (non-hydrogen) atoms. The van der Waals surface area contributed by atoms with Gasteiger partial charge in [0.15, 0.2) is 0 Å². The summed E-state index contributed by atoms with van der Waals surface area (Å²) in [7, 11) is 1.64. The average molecular weight is 471 g/mol. The van der Waals surface area contributed by atoms with Crippen LogP contribution < -0.4 is 15.0 Å². The number of halogens is 1.